The summed E-state index contributed by atoms with van der Waals surface area (Å²) < 4.78 is 39.0. The van der Waals surface area contributed by atoms with Crippen LogP contribution in [0, 0.1) is 5.92 Å². The van der Waals surface area contributed by atoms with Crippen LogP contribution in [0.15, 0.2) is 54.9 Å². The quantitative estimate of drug-likeness (QED) is 0.197. The molecule has 2 amide bonds. The number of hydrogen-bond acceptors (Lipinski definition) is 7. The molecular weight excluding hydrogens is 597 g/mol. The van der Waals surface area contributed by atoms with Crippen molar-refractivity contribution in [3.8, 4) is 11.3 Å². The van der Waals surface area contributed by atoms with Crippen molar-refractivity contribution in [1.29, 1.82) is 0 Å². The number of nitrogen functional groups attached to an aromatic ring is 1. The van der Waals surface area contributed by atoms with Gasteiger partial charge in [0.2, 0.25) is 5.91 Å². The number of carbonyl (C=O) groups excluding carboxylic acids is 2. The molecule has 0 unspecified atom stereocenters. The summed E-state index contributed by atoms with van der Waals surface area (Å²) in [5, 5.41) is 13.8. The van der Waals surface area contributed by atoms with E-state index in [1.807, 2.05) is 12.2 Å². The minimum absolute atomic E-state index is 0.0174. The standard InChI is InChI=1S/C33H35F3N8O2/c34-33(35,36)24-12-14-38-26(17-24)41-31(45)21-10-8-20(9-11-21)28-27-29(43-42-28)22(18-39-30(27)37)5-4-15-44-16-13-23(19-44)32(46)40-25-6-2-1-3-7-25/h4-5,8-12,14,17-18,23,25H,1-3,6-7,13,15-16,19H2,(H2,37,39)(H,40,46)(H,42,43)(H,38,41,45)/b5-4+/t23-/m1/s1. The Morgan fingerprint density at radius 3 is 2.61 bits per heavy atom. The van der Waals surface area contributed by atoms with E-state index in [4.69, 9.17) is 5.73 Å². The molecule has 3 aromatic heterocycles. The fourth-order valence-electron chi connectivity index (χ4n) is 6.16. The zero-order chi connectivity index (χ0) is 32.3. The Hall–Kier alpha value is -4.78. The number of benzene rings is 1. The van der Waals surface area contributed by atoms with Gasteiger partial charge in [0.25, 0.3) is 5.91 Å². The summed E-state index contributed by atoms with van der Waals surface area (Å²) in [6.45, 7) is 2.28. The number of aromatic nitrogens is 4. The topological polar surface area (TPSA) is 142 Å². The van der Waals surface area contributed by atoms with Gasteiger partial charge < -0.3 is 16.4 Å². The lowest BCUT2D eigenvalue weighted by Gasteiger charge is -2.24. The van der Waals surface area contributed by atoms with Gasteiger partial charge in [-0.05, 0) is 50.1 Å². The average Bonchev–Trinajstić information content (AvgIpc) is 3.71. The number of halogens is 3. The molecule has 1 aromatic carbocycles. The summed E-state index contributed by atoms with van der Waals surface area (Å²) in [6, 6.07) is 8.43. The SMILES string of the molecule is Nc1ncc(/C=C/CN2CC[C@@H](C(=O)NC3CCCCC3)C2)c2n[nH]c(-c3ccc(C(=O)Nc4cc(C(F)(F)F)ccn4)cc3)c12. The highest BCUT2D eigenvalue weighted by molar-refractivity contribution is 6.05. The first-order valence-corrected chi connectivity index (χ1v) is 15.4. The Kier molecular flexibility index (Phi) is 9.02. The van der Waals surface area contributed by atoms with Crippen molar-refractivity contribution in [2.45, 2.75) is 50.7 Å². The molecule has 4 aromatic rings. The molecule has 0 radical (unpaired) electrons. The van der Waals surface area contributed by atoms with E-state index in [1.54, 1.807) is 30.5 Å². The zero-order valence-corrected chi connectivity index (χ0v) is 25.1. The first-order chi connectivity index (χ1) is 22.2. The zero-order valence-electron chi connectivity index (χ0n) is 25.1. The lowest BCUT2D eigenvalue weighted by atomic mass is 9.95. The summed E-state index contributed by atoms with van der Waals surface area (Å²) in [5.74, 6) is -0.319. The number of H-pyrrole nitrogens is 1. The maximum atomic E-state index is 13.0. The highest BCUT2D eigenvalue weighted by atomic mass is 19.4. The number of anilines is 2. The summed E-state index contributed by atoms with van der Waals surface area (Å²) in [7, 11) is 0. The second kappa shape index (κ2) is 13.3. The number of aromatic amines is 1. The average molecular weight is 633 g/mol. The van der Waals surface area contributed by atoms with Gasteiger partial charge in [-0.1, -0.05) is 43.5 Å². The number of nitrogens with one attached hydrogen (secondary N) is 3. The third-order valence-corrected chi connectivity index (χ3v) is 8.66. The monoisotopic (exact) mass is 632 g/mol. The van der Waals surface area contributed by atoms with Gasteiger partial charge in [0.1, 0.15) is 17.2 Å². The lowest BCUT2D eigenvalue weighted by Crippen LogP contribution is -2.40. The maximum Gasteiger partial charge on any atom is 0.416 e. The predicted octanol–water partition coefficient (Wildman–Crippen LogP) is 5.66. The van der Waals surface area contributed by atoms with Crippen LogP contribution < -0.4 is 16.4 Å². The Labute approximate surface area is 263 Å². The summed E-state index contributed by atoms with van der Waals surface area (Å²) in [6.07, 6.45) is 8.75. The number of pyridine rings is 2. The van der Waals surface area contributed by atoms with Gasteiger partial charge in [0, 0.05) is 48.2 Å². The molecule has 13 heteroatoms. The third kappa shape index (κ3) is 7.04. The minimum atomic E-state index is -4.55. The van der Waals surface area contributed by atoms with Gasteiger partial charge in [0.05, 0.1) is 22.6 Å². The smallest absolute Gasteiger partial charge is 0.383 e. The van der Waals surface area contributed by atoms with E-state index in [0.29, 0.717) is 40.6 Å². The molecule has 46 heavy (non-hydrogen) atoms. The van der Waals surface area contributed by atoms with Crippen LogP contribution in [0.25, 0.3) is 28.2 Å². The molecule has 4 heterocycles. The van der Waals surface area contributed by atoms with Crippen molar-refractivity contribution in [2.24, 2.45) is 5.92 Å². The number of hydrogen-bond donors (Lipinski definition) is 4. The van der Waals surface area contributed by atoms with Crippen LogP contribution in [0.5, 0.6) is 0 Å². The van der Waals surface area contributed by atoms with Gasteiger partial charge in [-0.15, -0.1) is 0 Å². The molecule has 2 aliphatic rings. The van der Waals surface area contributed by atoms with Gasteiger partial charge in [-0.2, -0.15) is 18.3 Å². The number of nitrogens with two attached hydrogens (primary N) is 1. The number of rotatable bonds is 8. The molecule has 1 saturated carbocycles. The second-order valence-electron chi connectivity index (χ2n) is 11.9. The van der Waals surface area contributed by atoms with E-state index in [-0.39, 0.29) is 23.2 Å². The Morgan fingerprint density at radius 1 is 1.07 bits per heavy atom. The van der Waals surface area contributed by atoms with Crippen molar-refractivity contribution in [3.63, 3.8) is 0 Å². The number of amides is 2. The predicted molar refractivity (Wildman–Crippen MR) is 170 cm³/mol. The molecule has 2 fully saturated rings. The number of nitrogens with zero attached hydrogens (tertiary/aromatic N) is 4. The van der Waals surface area contributed by atoms with Crippen LogP contribution in [0.3, 0.4) is 0 Å². The van der Waals surface area contributed by atoms with Crippen LogP contribution in [0.1, 0.15) is 60.0 Å². The fraction of sp³-hybridized carbons (Fsp3) is 0.364. The van der Waals surface area contributed by atoms with E-state index in [9.17, 15) is 22.8 Å². The second-order valence-corrected chi connectivity index (χ2v) is 11.9. The molecule has 1 aliphatic carbocycles. The van der Waals surface area contributed by atoms with E-state index in [2.05, 4.69) is 35.7 Å². The van der Waals surface area contributed by atoms with Gasteiger partial charge in [-0.3, -0.25) is 19.6 Å². The molecule has 240 valence electrons. The van der Waals surface area contributed by atoms with Crippen LogP contribution in [-0.2, 0) is 11.0 Å². The van der Waals surface area contributed by atoms with Crippen LogP contribution in [0.2, 0.25) is 0 Å². The molecule has 1 saturated heterocycles. The highest BCUT2D eigenvalue weighted by Crippen LogP contribution is 2.33. The molecule has 10 nitrogen and oxygen atoms in total. The van der Waals surface area contributed by atoms with Crippen molar-refractivity contribution < 1.29 is 22.8 Å². The van der Waals surface area contributed by atoms with Crippen LogP contribution in [0.4, 0.5) is 24.8 Å². The summed E-state index contributed by atoms with van der Waals surface area (Å²) in [5.41, 5.74) is 8.32. The summed E-state index contributed by atoms with van der Waals surface area (Å²) in [4.78, 5) is 35.9. The van der Waals surface area contributed by atoms with E-state index >= 15 is 0 Å². The van der Waals surface area contributed by atoms with Crippen molar-refractivity contribution in [2.75, 3.05) is 30.7 Å². The summed E-state index contributed by atoms with van der Waals surface area (Å²) >= 11 is 0. The third-order valence-electron chi connectivity index (χ3n) is 8.66. The highest BCUT2D eigenvalue weighted by Gasteiger charge is 2.31. The Bertz CT molecular complexity index is 1750. The number of alkyl halides is 3. The Morgan fingerprint density at radius 2 is 1.85 bits per heavy atom. The van der Waals surface area contributed by atoms with Crippen molar-refractivity contribution in [3.05, 3.63) is 71.6 Å². The normalized spacial score (nSPS) is 17.9. The van der Waals surface area contributed by atoms with Gasteiger partial charge >= 0.3 is 6.18 Å². The fourth-order valence-corrected chi connectivity index (χ4v) is 6.16. The van der Waals surface area contributed by atoms with Gasteiger partial charge in [-0.25, -0.2) is 9.97 Å². The van der Waals surface area contributed by atoms with Crippen LogP contribution >= 0.6 is 0 Å². The molecule has 6 rings (SSSR count). The number of likely N-dealkylation sites (tertiary alicyclic amines) is 1. The number of fused-ring (bicyclic) bond motifs is 1. The van der Waals surface area contributed by atoms with Gasteiger partial charge in [0.15, 0.2) is 0 Å². The lowest BCUT2D eigenvalue weighted by molar-refractivity contribution is -0.137. The number of carbonyl (C=O) groups is 2. The minimum Gasteiger partial charge on any atom is -0.383 e. The maximum absolute atomic E-state index is 13.0. The molecule has 0 spiro atoms. The van der Waals surface area contributed by atoms with Crippen LogP contribution in [-0.4, -0.2) is 62.6 Å². The molecular formula is C33H35F3N8O2. The Balaban J connectivity index is 1.10. The first-order valence-electron chi connectivity index (χ1n) is 15.4. The van der Waals surface area contributed by atoms with E-state index in [0.717, 1.165) is 56.2 Å². The molecule has 1 atom stereocenters. The first kappa shape index (κ1) is 31.2. The largest absolute Gasteiger partial charge is 0.416 e. The molecule has 5 N–H and O–H groups in total. The van der Waals surface area contributed by atoms with E-state index in [1.165, 1.54) is 19.3 Å². The van der Waals surface area contributed by atoms with Crippen molar-refractivity contribution in [1.82, 2.24) is 30.4 Å². The molecule has 0 bridgehead atoms. The molecule has 1 aliphatic heterocycles. The van der Waals surface area contributed by atoms with E-state index < -0.39 is 17.6 Å². The van der Waals surface area contributed by atoms with Crippen molar-refractivity contribution >= 4 is 40.4 Å².